The van der Waals surface area contributed by atoms with Crippen molar-refractivity contribution < 1.29 is 34.2 Å². The van der Waals surface area contributed by atoms with Gasteiger partial charge in [-0.1, -0.05) is 32.4 Å². The van der Waals surface area contributed by atoms with E-state index in [0.29, 0.717) is 17.7 Å². The Kier molecular flexibility index (Phi) is 12.1. The van der Waals surface area contributed by atoms with Crippen LogP contribution in [0.1, 0.15) is 44.4 Å². The molecule has 14 nitrogen and oxygen atoms in total. The number of aromatic nitrogens is 2. The monoisotopic (exact) mass is 559 g/mol. The quantitative estimate of drug-likeness (QED) is 0.127. The third-order valence-corrected chi connectivity index (χ3v) is 6.43. The number of benzene rings is 1. The Labute approximate surface area is 231 Å². The summed E-state index contributed by atoms with van der Waals surface area (Å²) in [7, 11) is 0. The van der Waals surface area contributed by atoms with Crippen LogP contribution < -0.4 is 27.4 Å². The first kappa shape index (κ1) is 31.8. The van der Waals surface area contributed by atoms with E-state index in [4.69, 9.17) is 11.5 Å². The second-order valence-electron chi connectivity index (χ2n) is 9.60. The number of carbonyl (C=O) groups excluding carboxylic acids is 4. The minimum atomic E-state index is -1.32. The van der Waals surface area contributed by atoms with Crippen molar-refractivity contribution in [3.05, 3.63) is 48.0 Å². The van der Waals surface area contributed by atoms with E-state index < -0.39 is 53.8 Å². The minimum absolute atomic E-state index is 0.00516. The Bertz CT molecular complexity index is 1150. The molecule has 0 radical (unpaired) electrons. The molecule has 0 aliphatic carbocycles. The van der Waals surface area contributed by atoms with Gasteiger partial charge in [-0.3, -0.25) is 19.2 Å². The number of rotatable bonds is 16. The van der Waals surface area contributed by atoms with Crippen LogP contribution in [0.25, 0.3) is 0 Å². The lowest BCUT2D eigenvalue weighted by Gasteiger charge is -2.28. The van der Waals surface area contributed by atoms with Gasteiger partial charge in [0.2, 0.25) is 23.6 Å². The molecule has 0 aliphatic heterocycles. The van der Waals surface area contributed by atoms with Crippen molar-refractivity contribution in [1.29, 1.82) is 0 Å². The molecule has 4 amide bonds. The average molecular weight is 560 g/mol. The number of phenols is 1. The lowest BCUT2D eigenvalue weighted by atomic mass is 9.96. The number of carboxylic acid groups (broad SMARTS) is 1. The maximum atomic E-state index is 13.4. The summed E-state index contributed by atoms with van der Waals surface area (Å²) >= 11 is 0. The van der Waals surface area contributed by atoms with Crippen LogP contribution >= 0.6 is 0 Å². The van der Waals surface area contributed by atoms with E-state index in [1.807, 2.05) is 6.92 Å². The number of nitrogens with two attached hydrogens (primary N) is 2. The van der Waals surface area contributed by atoms with Gasteiger partial charge >= 0.3 is 5.97 Å². The maximum Gasteiger partial charge on any atom is 0.326 e. The summed E-state index contributed by atoms with van der Waals surface area (Å²) in [5.41, 5.74) is 12.0. The lowest BCUT2D eigenvalue weighted by Crippen LogP contribution is -2.59. The third-order valence-electron chi connectivity index (χ3n) is 6.43. The van der Waals surface area contributed by atoms with Crippen LogP contribution in [0.15, 0.2) is 36.8 Å². The normalized spacial score (nSPS) is 14.7. The molecule has 0 aliphatic rings. The fourth-order valence-corrected chi connectivity index (χ4v) is 3.82. The first-order valence-electron chi connectivity index (χ1n) is 12.8. The number of H-pyrrole nitrogens is 1. The number of aromatic hydroxyl groups is 1. The maximum absolute atomic E-state index is 13.4. The number of hydrogen-bond acceptors (Lipinski definition) is 8. The van der Waals surface area contributed by atoms with E-state index in [0.717, 1.165) is 0 Å². The van der Waals surface area contributed by atoms with E-state index in [1.54, 1.807) is 19.1 Å². The minimum Gasteiger partial charge on any atom is -0.508 e. The zero-order valence-electron chi connectivity index (χ0n) is 22.4. The molecule has 0 spiro atoms. The highest BCUT2D eigenvalue weighted by Gasteiger charge is 2.33. The molecule has 218 valence electrons. The third kappa shape index (κ3) is 10.0. The number of carboxylic acids is 1. The molecule has 2 aromatic rings. The second kappa shape index (κ2) is 15.2. The Hall–Kier alpha value is -4.46. The van der Waals surface area contributed by atoms with Gasteiger partial charge in [0.15, 0.2) is 0 Å². The van der Waals surface area contributed by atoms with Crippen LogP contribution in [0.4, 0.5) is 0 Å². The van der Waals surface area contributed by atoms with E-state index in [2.05, 4.69) is 25.9 Å². The highest BCUT2D eigenvalue weighted by molar-refractivity contribution is 5.94. The predicted molar refractivity (Wildman–Crippen MR) is 143 cm³/mol. The van der Waals surface area contributed by atoms with Crippen molar-refractivity contribution in [2.24, 2.45) is 17.4 Å². The van der Waals surface area contributed by atoms with E-state index in [-0.39, 0.29) is 37.4 Å². The van der Waals surface area contributed by atoms with Gasteiger partial charge in [0.1, 0.15) is 23.9 Å². The van der Waals surface area contributed by atoms with Gasteiger partial charge in [-0.25, -0.2) is 9.78 Å². The largest absolute Gasteiger partial charge is 0.508 e. The molecule has 0 bridgehead atoms. The molecule has 40 heavy (non-hydrogen) atoms. The molecule has 14 heteroatoms. The van der Waals surface area contributed by atoms with Crippen molar-refractivity contribution in [3.63, 3.8) is 0 Å². The highest BCUT2D eigenvalue weighted by atomic mass is 16.4. The Morgan fingerprint density at radius 3 is 2.17 bits per heavy atom. The number of hydrogen-bond donors (Lipinski definition) is 8. The molecule has 1 heterocycles. The number of imidazole rings is 1. The van der Waals surface area contributed by atoms with Crippen molar-refractivity contribution in [1.82, 2.24) is 25.9 Å². The van der Waals surface area contributed by atoms with Gasteiger partial charge in [0.05, 0.1) is 12.4 Å². The number of nitrogens with one attached hydrogen (secondary N) is 4. The second-order valence-corrected chi connectivity index (χ2v) is 9.60. The topological polar surface area (TPSA) is 243 Å². The summed E-state index contributed by atoms with van der Waals surface area (Å²) in [5.74, 6) is -4.36. The van der Waals surface area contributed by atoms with Gasteiger partial charge in [-0.05, 0) is 30.0 Å². The molecule has 0 saturated heterocycles. The summed E-state index contributed by atoms with van der Waals surface area (Å²) in [4.78, 5) is 68.9. The lowest BCUT2D eigenvalue weighted by molar-refractivity contribution is -0.142. The standard InChI is InChI=1S/C26H37N7O7/c1-3-14(2)22(33-23(36)18(27)8-9-21(28)35)25(38)31-19(10-15-4-6-17(34)7-5-15)24(37)32-20(26(39)40)11-16-12-29-13-30-16/h4-7,12-14,18-20,22,34H,3,8-11,27H2,1-2H3,(H2,28,35)(H,29,30)(H,31,38)(H,32,37)(H,33,36)(H,39,40). The van der Waals surface area contributed by atoms with E-state index in [9.17, 15) is 34.2 Å². The Balaban J connectivity index is 2.25. The predicted octanol–water partition coefficient (Wildman–Crippen LogP) is -0.922. The molecule has 0 saturated carbocycles. The number of phenolic OH excluding ortho intramolecular Hbond substituents is 1. The molecule has 10 N–H and O–H groups in total. The SMILES string of the molecule is CCC(C)C(NC(=O)C(N)CCC(N)=O)C(=O)NC(Cc1ccc(O)cc1)C(=O)NC(Cc1cnc[nH]1)C(=O)O. The van der Waals surface area contributed by atoms with Crippen LogP contribution in [0.2, 0.25) is 0 Å². The van der Waals surface area contributed by atoms with Crippen molar-refractivity contribution in [2.45, 2.75) is 70.1 Å². The van der Waals surface area contributed by atoms with Crippen molar-refractivity contribution >= 4 is 29.6 Å². The summed E-state index contributed by atoms with van der Waals surface area (Å²) in [6, 6.07) is 1.25. The first-order chi connectivity index (χ1) is 18.9. The van der Waals surface area contributed by atoms with Gasteiger partial charge in [-0.2, -0.15) is 0 Å². The van der Waals surface area contributed by atoms with Crippen LogP contribution in [0.5, 0.6) is 5.75 Å². The van der Waals surface area contributed by atoms with Crippen LogP contribution in [-0.4, -0.2) is 73.9 Å². The number of aliphatic carboxylic acids is 1. The first-order valence-corrected chi connectivity index (χ1v) is 12.8. The van der Waals surface area contributed by atoms with Crippen molar-refractivity contribution in [3.8, 4) is 5.75 Å². The van der Waals surface area contributed by atoms with Gasteiger partial charge < -0.3 is 42.6 Å². The summed E-state index contributed by atoms with van der Waals surface area (Å²) in [6.45, 7) is 3.55. The number of carbonyl (C=O) groups is 5. The molecular formula is C26H37N7O7. The summed E-state index contributed by atoms with van der Waals surface area (Å²) < 4.78 is 0. The molecule has 5 unspecified atom stereocenters. The fourth-order valence-electron chi connectivity index (χ4n) is 3.82. The number of primary amides is 1. The molecular weight excluding hydrogens is 522 g/mol. The zero-order chi connectivity index (χ0) is 29.8. The molecule has 1 aromatic carbocycles. The van der Waals surface area contributed by atoms with Crippen molar-refractivity contribution in [2.75, 3.05) is 0 Å². The molecule has 0 fully saturated rings. The zero-order valence-corrected chi connectivity index (χ0v) is 22.4. The van der Waals surface area contributed by atoms with Crippen LogP contribution in [-0.2, 0) is 36.8 Å². The van der Waals surface area contributed by atoms with Gasteiger partial charge in [0, 0.05) is 31.2 Å². The molecule has 2 rings (SSSR count). The van der Waals surface area contributed by atoms with Crippen LogP contribution in [0.3, 0.4) is 0 Å². The molecule has 1 aromatic heterocycles. The molecule has 5 atom stereocenters. The number of amides is 4. The highest BCUT2D eigenvalue weighted by Crippen LogP contribution is 2.14. The smallest absolute Gasteiger partial charge is 0.326 e. The summed E-state index contributed by atoms with van der Waals surface area (Å²) in [6.07, 6.45) is 3.10. The Morgan fingerprint density at radius 1 is 0.975 bits per heavy atom. The summed E-state index contributed by atoms with van der Waals surface area (Å²) in [5, 5.41) is 27.0. The van der Waals surface area contributed by atoms with Gasteiger partial charge in [0.25, 0.3) is 0 Å². The average Bonchev–Trinajstić information content (AvgIpc) is 3.43. The Morgan fingerprint density at radius 2 is 1.62 bits per heavy atom. The van der Waals surface area contributed by atoms with Crippen LogP contribution in [0, 0.1) is 5.92 Å². The number of aromatic amines is 1. The van der Waals surface area contributed by atoms with E-state index >= 15 is 0 Å². The number of nitrogens with zero attached hydrogens (tertiary/aromatic N) is 1. The fraction of sp³-hybridized carbons (Fsp3) is 0.462. The van der Waals surface area contributed by atoms with Gasteiger partial charge in [-0.15, -0.1) is 0 Å². The van der Waals surface area contributed by atoms with E-state index in [1.165, 1.54) is 24.7 Å².